The predicted molar refractivity (Wildman–Crippen MR) is 96.5 cm³/mol. The summed E-state index contributed by atoms with van der Waals surface area (Å²) in [4.78, 5) is 4.44. The number of hydrogen-bond acceptors (Lipinski definition) is 5. The Balaban J connectivity index is 1.78. The predicted octanol–water partition coefficient (Wildman–Crippen LogP) is 5.46. The summed E-state index contributed by atoms with van der Waals surface area (Å²) < 4.78 is 1.10. The van der Waals surface area contributed by atoms with Crippen molar-refractivity contribution in [3.63, 3.8) is 0 Å². The van der Waals surface area contributed by atoms with E-state index >= 15 is 0 Å². The van der Waals surface area contributed by atoms with E-state index in [9.17, 15) is 0 Å². The Morgan fingerprint density at radius 1 is 1.04 bits per heavy atom. The van der Waals surface area contributed by atoms with Gasteiger partial charge in [0.2, 0.25) is 5.13 Å². The first-order chi connectivity index (χ1) is 11.2. The Bertz CT molecular complexity index is 803. The Morgan fingerprint density at radius 3 is 2.52 bits per heavy atom. The van der Waals surface area contributed by atoms with Gasteiger partial charge in [-0.05, 0) is 24.3 Å². The third-order valence-corrected chi connectivity index (χ3v) is 4.03. The van der Waals surface area contributed by atoms with E-state index in [2.05, 4.69) is 25.7 Å². The molecule has 0 aliphatic carbocycles. The fourth-order valence-corrected chi connectivity index (χ4v) is 2.69. The first-order valence-corrected chi connectivity index (χ1v) is 8.20. The third kappa shape index (κ3) is 3.98. The highest BCUT2D eigenvalue weighted by molar-refractivity contribution is 7.21. The maximum Gasteiger partial charge on any atom is 0.231 e. The number of rotatable bonds is 4. The molecule has 1 heterocycles. The minimum atomic E-state index is 0.157. The normalized spacial score (nSPS) is 12.4. The molecule has 1 N–H and O–H groups in total. The van der Waals surface area contributed by atoms with Crippen LogP contribution in [-0.4, -0.2) is 10.8 Å². The maximum absolute atomic E-state index is 4.44. The van der Waals surface area contributed by atoms with Crippen LogP contribution >= 0.6 is 11.3 Å². The SMILES string of the molecule is CC(C)/C(N=Nc1nc2ccccc2s1)=N/Nc1ccccc1. The average Bonchev–Trinajstić information content (AvgIpc) is 2.98. The van der Waals surface area contributed by atoms with Crippen molar-refractivity contribution in [1.29, 1.82) is 0 Å². The standard InChI is InChI=1S/C17H17N5S/c1-12(2)16(20-19-13-8-4-3-5-9-13)21-22-17-18-14-10-6-7-11-15(14)23-17/h3-12,19H,1-2H3/b20-16-,22-21?. The Kier molecular flexibility index (Phi) is 4.73. The number of aromatic nitrogens is 1. The second kappa shape index (κ2) is 7.11. The Labute approximate surface area is 138 Å². The molecule has 0 bridgehead atoms. The number of amidine groups is 1. The molecule has 3 rings (SSSR count). The second-order valence-electron chi connectivity index (χ2n) is 5.27. The molecule has 0 saturated carbocycles. The van der Waals surface area contributed by atoms with Crippen LogP contribution in [0.4, 0.5) is 10.8 Å². The van der Waals surface area contributed by atoms with Crippen molar-refractivity contribution >= 4 is 38.2 Å². The number of benzene rings is 2. The van der Waals surface area contributed by atoms with Gasteiger partial charge in [0.15, 0.2) is 5.84 Å². The van der Waals surface area contributed by atoms with Crippen molar-refractivity contribution in [2.75, 3.05) is 5.43 Å². The molecule has 0 aliphatic rings. The molecule has 0 saturated heterocycles. The van der Waals surface area contributed by atoms with Crippen molar-refractivity contribution in [1.82, 2.24) is 4.98 Å². The highest BCUT2D eigenvalue weighted by Crippen LogP contribution is 2.27. The van der Waals surface area contributed by atoms with Crippen LogP contribution in [0.2, 0.25) is 0 Å². The molecule has 0 aliphatic heterocycles. The number of hydrazone groups is 1. The Hall–Kier alpha value is -2.60. The minimum Gasteiger partial charge on any atom is -0.277 e. The van der Waals surface area contributed by atoms with Crippen LogP contribution in [0.25, 0.3) is 10.2 Å². The number of hydrogen-bond donors (Lipinski definition) is 1. The smallest absolute Gasteiger partial charge is 0.231 e. The van der Waals surface area contributed by atoms with Crippen molar-refractivity contribution in [3.05, 3.63) is 54.6 Å². The van der Waals surface area contributed by atoms with Crippen molar-refractivity contribution in [3.8, 4) is 0 Å². The summed E-state index contributed by atoms with van der Waals surface area (Å²) >= 11 is 1.52. The molecular formula is C17H17N5S. The molecular weight excluding hydrogens is 306 g/mol. The van der Waals surface area contributed by atoms with E-state index in [4.69, 9.17) is 0 Å². The van der Waals surface area contributed by atoms with Crippen LogP contribution in [0.3, 0.4) is 0 Å². The quantitative estimate of drug-likeness (QED) is 0.300. The zero-order valence-corrected chi connectivity index (χ0v) is 13.8. The average molecular weight is 323 g/mol. The van der Waals surface area contributed by atoms with Crippen molar-refractivity contribution < 1.29 is 0 Å². The molecule has 0 spiro atoms. The van der Waals surface area contributed by atoms with E-state index in [-0.39, 0.29) is 5.92 Å². The highest BCUT2D eigenvalue weighted by atomic mass is 32.1. The van der Waals surface area contributed by atoms with Gasteiger partial charge in [0.1, 0.15) is 0 Å². The van der Waals surface area contributed by atoms with E-state index in [0.29, 0.717) is 11.0 Å². The zero-order valence-electron chi connectivity index (χ0n) is 13.0. The minimum absolute atomic E-state index is 0.157. The van der Waals surface area contributed by atoms with Gasteiger partial charge < -0.3 is 0 Å². The first-order valence-electron chi connectivity index (χ1n) is 7.38. The summed E-state index contributed by atoms with van der Waals surface area (Å²) in [7, 11) is 0. The summed E-state index contributed by atoms with van der Waals surface area (Å²) in [6, 6.07) is 17.7. The topological polar surface area (TPSA) is 62.0 Å². The van der Waals surface area contributed by atoms with Crippen LogP contribution in [0.1, 0.15) is 13.8 Å². The molecule has 116 valence electrons. The molecule has 23 heavy (non-hydrogen) atoms. The van der Waals surface area contributed by atoms with E-state index in [1.807, 2.05) is 68.4 Å². The number of anilines is 1. The van der Waals surface area contributed by atoms with Crippen LogP contribution < -0.4 is 5.43 Å². The number of para-hydroxylation sites is 2. The number of nitrogens with zero attached hydrogens (tertiary/aromatic N) is 4. The second-order valence-corrected chi connectivity index (χ2v) is 6.28. The van der Waals surface area contributed by atoms with Gasteiger partial charge in [-0.25, -0.2) is 4.98 Å². The van der Waals surface area contributed by atoms with Crippen LogP contribution in [0.5, 0.6) is 0 Å². The number of nitrogens with one attached hydrogen (secondary N) is 1. The number of fused-ring (bicyclic) bond motifs is 1. The highest BCUT2D eigenvalue weighted by Gasteiger charge is 2.06. The largest absolute Gasteiger partial charge is 0.277 e. The zero-order chi connectivity index (χ0) is 16.1. The lowest BCUT2D eigenvalue weighted by Gasteiger charge is -2.04. The molecule has 0 radical (unpaired) electrons. The van der Waals surface area contributed by atoms with Gasteiger partial charge in [-0.15, -0.1) is 10.2 Å². The van der Waals surface area contributed by atoms with Crippen LogP contribution in [0.15, 0.2) is 69.9 Å². The lowest BCUT2D eigenvalue weighted by atomic mass is 10.2. The lowest BCUT2D eigenvalue weighted by molar-refractivity contribution is 0.858. The summed E-state index contributed by atoms with van der Waals surface area (Å²) in [6.45, 7) is 4.06. The van der Waals surface area contributed by atoms with Gasteiger partial charge in [0.05, 0.1) is 15.9 Å². The van der Waals surface area contributed by atoms with Gasteiger partial charge in [-0.1, -0.05) is 55.5 Å². The molecule has 2 aromatic carbocycles. The molecule has 0 atom stereocenters. The van der Waals surface area contributed by atoms with E-state index in [1.165, 1.54) is 11.3 Å². The monoisotopic (exact) mass is 323 g/mol. The van der Waals surface area contributed by atoms with Gasteiger partial charge in [0, 0.05) is 5.92 Å². The van der Waals surface area contributed by atoms with Gasteiger partial charge in [-0.2, -0.15) is 5.10 Å². The maximum atomic E-state index is 4.44. The van der Waals surface area contributed by atoms with E-state index in [0.717, 1.165) is 15.9 Å². The molecule has 3 aromatic rings. The van der Waals surface area contributed by atoms with Crippen molar-refractivity contribution in [2.45, 2.75) is 13.8 Å². The third-order valence-electron chi connectivity index (χ3n) is 3.11. The van der Waals surface area contributed by atoms with Gasteiger partial charge >= 0.3 is 0 Å². The fraction of sp³-hybridized carbons (Fsp3) is 0.176. The van der Waals surface area contributed by atoms with E-state index < -0.39 is 0 Å². The molecule has 0 unspecified atom stereocenters. The molecule has 1 aromatic heterocycles. The number of thiazole rings is 1. The lowest BCUT2D eigenvalue weighted by Crippen LogP contribution is -2.06. The molecule has 6 heteroatoms. The molecule has 5 nitrogen and oxygen atoms in total. The molecule has 0 fully saturated rings. The summed E-state index contributed by atoms with van der Waals surface area (Å²) in [5.41, 5.74) is 4.87. The first kappa shape index (κ1) is 15.3. The summed E-state index contributed by atoms with van der Waals surface area (Å²) in [5.74, 6) is 0.789. The molecule has 0 amide bonds. The Morgan fingerprint density at radius 2 is 1.78 bits per heavy atom. The van der Waals surface area contributed by atoms with Crippen LogP contribution in [0, 0.1) is 5.92 Å². The summed E-state index contributed by atoms with van der Waals surface area (Å²) in [6.07, 6.45) is 0. The summed E-state index contributed by atoms with van der Waals surface area (Å²) in [5, 5.41) is 13.5. The van der Waals surface area contributed by atoms with Crippen molar-refractivity contribution in [2.24, 2.45) is 21.2 Å². The van der Waals surface area contributed by atoms with E-state index in [1.54, 1.807) is 0 Å². The van der Waals surface area contributed by atoms with Gasteiger partial charge in [0.25, 0.3) is 0 Å². The van der Waals surface area contributed by atoms with Gasteiger partial charge in [-0.3, -0.25) is 5.43 Å². The van der Waals surface area contributed by atoms with Crippen LogP contribution in [-0.2, 0) is 0 Å². The number of azo groups is 1. The fourth-order valence-electron chi connectivity index (χ4n) is 1.90.